The van der Waals surface area contributed by atoms with E-state index in [-0.39, 0.29) is 21.6 Å². The van der Waals surface area contributed by atoms with Gasteiger partial charge in [0.1, 0.15) is 0 Å². The van der Waals surface area contributed by atoms with Crippen molar-refractivity contribution in [3.8, 4) is 0 Å². The molecule has 0 radical (unpaired) electrons. The average Bonchev–Trinajstić information content (AvgIpc) is 3.11. The van der Waals surface area contributed by atoms with Crippen LogP contribution in [0.5, 0.6) is 0 Å². The Morgan fingerprint density at radius 1 is 1.12 bits per heavy atom. The number of rotatable bonds is 6. The molecular formula is C26H34N4O2S. The van der Waals surface area contributed by atoms with Crippen LogP contribution in [0.2, 0.25) is 0 Å². The van der Waals surface area contributed by atoms with Crippen LogP contribution < -0.4 is 15.5 Å². The van der Waals surface area contributed by atoms with Crippen LogP contribution >= 0.6 is 11.8 Å². The van der Waals surface area contributed by atoms with Gasteiger partial charge in [-0.15, -0.1) is 11.8 Å². The fraction of sp³-hybridized carbons (Fsp3) is 0.423. The summed E-state index contributed by atoms with van der Waals surface area (Å²) < 4.78 is 0.158. The molecular weight excluding hydrogens is 432 g/mol. The summed E-state index contributed by atoms with van der Waals surface area (Å²) in [6, 6.07) is 15.2. The predicted molar refractivity (Wildman–Crippen MR) is 140 cm³/mol. The largest absolute Gasteiger partial charge is 0.378 e. The molecule has 0 saturated carbocycles. The van der Waals surface area contributed by atoms with E-state index >= 15 is 0 Å². The van der Waals surface area contributed by atoms with Crippen molar-refractivity contribution in [2.75, 3.05) is 30.9 Å². The summed E-state index contributed by atoms with van der Waals surface area (Å²) in [6.45, 7) is 10.7. The van der Waals surface area contributed by atoms with Crippen molar-refractivity contribution in [2.45, 2.75) is 44.7 Å². The van der Waals surface area contributed by atoms with Gasteiger partial charge in [-0.05, 0) is 55.8 Å². The van der Waals surface area contributed by atoms with Crippen LogP contribution in [0.25, 0.3) is 0 Å². The minimum absolute atomic E-state index is 0.0972. The lowest BCUT2D eigenvalue weighted by Gasteiger charge is -2.19. The van der Waals surface area contributed by atoms with Crippen LogP contribution in [-0.4, -0.2) is 42.8 Å². The second-order valence-electron chi connectivity index (χ2n) is 10.2. The van der Waals surface area contributed by atoms with Crippen LogP contribution in [0.3, 0.4) is 0 Å². The van der Waals surface area contributed by atoms with E-state index in [1.54, 1.807) is 20.8 Å². The molecule has 33 heavy (non-hydrogen) atoms. The molecule has 1 aliphatic rings. The minimum Gasteiger partial charge on any atom is -0.378 e. The summed E-state index contributed by atoms with van der Waals surface area (Å²) in [6.07, 6.45) is 0. The fourth-order valence-corrected chi connectivity index (χ4v) is 4.66. The van der Waals surface area contributed by atoms with Crippen molar-refractivity contribution >= 4 is 46.2 Å². The number of amides is 1. The lowest BCUT2D eigenvalue weighted by molar-refractivity contribution is -0.121. The van der Waals surface area contributed by atoms with Crippen LogP contribution in [0.15, 0.2) is 53.5 Å². The molecule has 1 amide bonds. The maximum absolute atomic E-state index is 13.2. The molecule has 2 aromatic carbocycles. The molecule has 0 aromatic heterocycles. The second-order valence-corrected chi connectivity index (χ2v) is 12.0. The fourth-order valence-electron chi connectivity index (χ4n) is 3.41. The van der Waals surface area contributed by atoms with E-state index in [1.165, 1.54) is 0 Å². The van der Waals surface area contributed by atoms with Crippen molar-refractivity contribution in [3.05, 3.63) is 54.1 Å². The van der Waals surface area contributed by atoms with Crippen molar-refractivity contribution in [3.63, 3.8) is 0 Å². The van der Waals surface area contributed by atoms with Gasteiger partial charge in [0.2, 0.25) is 0 Å². The first kappa shape index (κ1) is 25.0. The molecule has 7 heteroatoms. The van der Waals surface area contributed by atoms with Crippen LogP contribution in [0.4, 0.5) is 17.1 Å². The molecule has 3 rings (SSSR count). The molecule has 1 aliphatic heterocycles. The molecule has 0 bridgehead atoms. The summed E-state index contributed by atoms with van der Waals surface area (Å²) in [5.74, 6) is -0.807. The summed E-state index contributed by atoms with van der Waals surface area (Å²) in [7, 11) is 3.91. The standard InChI is InChI=1S/C26H34N4O2S/c1-25(2,3)22(31)21(28-18-11-13-20(14-12-18)30(6)7)23(32)29-19-10-8-9-17(15-19)24-27-16-26(4,5)33-24/h8-15,24,27H,16H2,1-7H3,(H,29,32). The summed E-state index contributed by atoms with van der Waals surface area (Å²) in [5, 5.41) is 6.58. The number of carbonyl (C=O) groups excluding carboxylic acids is 2. The molecule has 1 saturated heterocycles. The first-order chi connectivity index (χ1) is 15.4. The number of ketones is 1. The highest BCUT2D eigenvalue weighted by Crippen LogP contribution is 2.42. The number of Topliss-reactive ketones (excluding diaryl/α,β-unsaturated/α-hetero) is 1. The van der Waals surface area contributed by atoms with Crippen molar-refractivity contribution in [1.29, 1.82) is 0 Å². The maximum atomic E-state index is 13.2. The Morgan fingerprint density at radius 3 is 2.33 bits per heavy atom. The zero-order valence-electron chi connectivity index (χ0n) is 20.5. The Bertz CT molecular complexity index is 1050. The third kappa shape index (κ3) is 6.45. The zero-order chi connectivity index (χ0) is 24.4. The Kier molecular flexibility index (Phi) is 7.34. The third-order valence-corrected chi connectivity index (χ3v) is 6.77. The van der Waals surface area contributed by atoms with Gasteiger partial charge < -0.3 is 15.5 Å². The third-order valence-electron chi connectivity index (χ3n) is 5.32. The molecule has 1 fully saturated rings. The van der Waals surface area contributed by atoms with E-state index in [0.29, 0.717) is 11.4 Å². The van der Waals surface area contributed by atoms with Crippen LogP contribution in [0, 0.1) is 5.41 Å². The highest BCUT2D eigenvalue weighted by atomic mass is 32.2. The van der Waals surface area contributed by atoms with Crippen molar-refractivity contribution in [2.24, 2.45) is 10.4 Å². The number of thioether (sulfide) groups is 1. The predicted octanol–water partition coefficient (Wildman–Crippen LogP) is 5.19. The number of anilines is 2. The second kappa shape index (κ2) is 9.69. The SMILES string of the molecule is CN(C)c1ccc(N=C(C(=O)Nc2cccc(C3NCC(C)(C)S3)c2)C(=O)C(C)(C)C)cc1. The molecule has 1 atom stereocenters. The first-order valence-electron chi connectivity index (χ1n) is 11.1. The highest BCUT2D eigenvalue weighted by Gasteiger charge is 2.33. The maximum Gasteiger partial charge on any atom is 0.278 e. The normalized spacial score (nSPS) is 18.2. The Balaban J connectivity index is 1.87. The van der Waals surface area contributed by atoms with Gasteiger partial charge in [-0.2, -0.15) is 0 Å². The molecule has 6 nitrogen and oxygen atoms in total. The molecule has 2 N–H and O–H groups in total. The lowest BCUT2D eigenvalue weighted by Crippen LogP contribution is -2.37. The van der Waals surface area contributed by atoms with E-state index in [4.69, 9.17) is 0 Å². The van der Waals surface area contributed by atoms with Crippen molar-refractivity contribution < 1.29 is 9.59 Å². The van der Waals surface area contributed by atoms with Gasteiger partial charge in [0.05, 0.1) is 11.1 Å². The average molecular weight is 467 g/mol. The molecule has 1 unspecified atom stereocenters. The molecule has 0 aliphatic carbocycles. The van der Waals surface area contributed by atoms with Crippen molar-refractivity contribution in [1.82, 2.24) is 5.32 Å². The Morgan fingerprint density at radius 2 is 1.79 bits per heavy atom. The van der Waals surface area contributed by atoms with E-state index in [1.807, 2.05) is 79.3 Å². The lowest BCUT2D eigenvalue weighted by atomic mass is 9.87. The van der Waals surface area contributed by atoms with Gasteiger partial charge >= 0.3 is 0 Å². The molecule has 2 aromatic rings. The monoisotopic (exact) mass is 466 g/mol. The first-order valence-corrected chi connectivity index (χ1v) is 12.0. The number of carbonyl (C=O) groups is 2. The van der Waals surface area contributed by atoms with Gasteiger partial charge in [0.15, 0.2) is 11.5 Å². The molecule has 1 heterocycles. The summed E-state index contributed by atoms with van der Waals surface area (Å²) in [5.41, 5.74) is 2.47. The van der Waals surface area contributed by atoms with Crippen LogP contribution in [0.1, 0.15) is 45.6 Å². The molecule has 0 spiro atoms. The van der Waals surface area contributed by atoms with Crippen LogP contribution in [-0.2, 0) is 9.59 Å². The van der Waals surface area contributed by atoms with E-state index < -0.39 is 11.3 Å². The van der Waals surface area contributed by atoms with Gasteiger partial charge in [-0.25, -0.2) is 4.99 Å². The number of hydrogen-bond donors (Lipinski definition) is 2. The highest BCUT2D eigenvalue weighted by molar-refractivity contribution is 8.01. The van der Waals surface area contributed by atoms with E-state index in [9.17, 15) is 9.59 Å². The van der Waals surface area contributed by atoms with Gasteiger partial charge in [0, 0.05) is 42.2 Å². The van der Waals surface area contributed by atoms with Gasteiger partial charge in [-0.3, -0.25) is 9.59 Å². The van der Waals surface area contributed by atoms with E-state index in [0.717, 1.165) is 17.8 Å². The van der Waals surface area contributed by atoms with Gasteiger partial charge in [-0.1, -0.05) is 32.9 Å². The number of nitrogens with one attached hydrogen (secondary N) is 2. The molecule has 176 valence electrons. The Hall–Kier alpha value is -2.64. The summed E-state index contributed by atoms with van der Waals surface area (Å²) >= 11 is 1.86. The number of benzene rings is 2. The topological polar surface area (TPSA) is 73.8 Å². The minimum atomic E-state index is -0.739. The smallest absolute Gasteiger partial charge is 0.278 e. The number of hydrogen-bond acceptors (Lipinski definition) is 6. The Labute approximate surface area is 201 Å². The van der Waals surface area contributed by atoms with E-state index in [2.05, 4.69) is 29.5 Å². The van der Waals surface area contributed by atoms with Gasteiger partial charge in [0.25, 0.3) is 5.91 Å². The zero-order valence-corrected chi connectivity index (χ0v) is 21.3. The summed E-state index contributed by atoms with van der Waals surface area (Å²) in [4.78, 5) is 32.8. The quantitative estimate of drug-likeness (QED) is 0.453. The number of aliphatic imine (C=N–C) groups is 1. The number of nitrogens with zero attached hydrogens (tertiary/aromatic N) is 2.